The first kappa shape index (κ1) is 11.3. The molecule has 0 spiro atoms. The topological polar surface area (TPSA) is 24.7 Å². The fourth-order valence-corrected chi connectivity index (χ4v) is 0.610. The first-order valence-electron chi connectivity index (χ1n) is 4.66. The lowest BCUT2D eigenvalue weighted by Crippen LogP contribution is -1.87. The van der Waals surface area contributed by atoms with Crippen LogP contribution >= 0.6 is 0 Å². The summed E-state index contributed by atoms with van der Waals surface area (Å²) >= 11 is 0. The fraction of sp³-hybridized carbons (Fsp3) is 0.800. The molecule has 2 heteroatoms. The fourth-order valence-electron chi connectivity index (χ4n) is 0.610. The molecule has 0 atom stereocenters. The molecule has 0 N–H and O–H groups in total. The maximum atomic E-state index is 3.93. The Balaban J connectivity index is 3.39. The van der Waals surface area contributed by atoms with Crippen LogP contribution in [0.15, 0.2) is 10.2 Å². The largest absolute Gasteiger partial charge is 0.164 e. The zero-order valence-corrected chi connectivity index (χ0v) is 8.62. The van der Waals surface area contributed by atoms with E-state index in [1.807, 2.05) is 12.4 Å². The number of nitrogens with zero attached hydrogens (tertiary/aromatic N) is 2. The van der Waals surface area contributed by atoms with Crippen molar-refractivity contribution < 1.29 is 0 Å². The lowest BCUT2D eigenvalue weighted by atomic mass is 10.1. The third-order valence-electron chi connectivity index (χ3n) is 1.38. The molecule has 0 saturated heterocycles. The highest BCUT2D eigenvalue weighted by Crippen LogP contribution is 1.96. The highest BCUT2D eigenvalue weighted by molar-refractivity contribution is 5.61. The van der Waals surface area contributed by atoms with Gasteiger partial charge in [-0.1, -0.05) is 27.7 Å². The summed E-state index contributed by atoms with van der Waals surface area (Å²) in [4.78, 5) is 0. The molecule has 0 amide bonds. The van der Waals surface area contributed by atoms with Gasteiger partial charge >= 0.3 is 0 Å². The zero-order valence-electron chi connectivity index (χ0n) is 8.62. The Kier molecular flexibility index (Phi) is 6.63. The van der Waals surface area contributed by atoms with Gasteiger partial charge in [-0.3, -0.25) is 0 Å². The van der Waals surface area contributed by atoms with Crippen molar-refractivity contribution >= 4 is 12.4 Å². The van der Waals surface area contributed by atoms with Crippen LogP contribution in [0.4, 0.5) is 0 Å². The van der Waals surface area contributed by atoms with Gasteiger partial charge in [-0.15, -0.1) is 0 Å². The molecule has 0 heterocycles. The summed E-state index contributed by atoms with van der Waals surface area (Å²) in [6.07, 6.45) is 5.78. The highest BCUT2D eigenvalue weighted by Gasteiger charge is 1.88. The molecule has 70 valence electrons. The molecule has 0 fully saturated rings. The molecule has 12 heavy (non-hydrogen) atoms. The van der Waals surface area contributed by atoms with Crippen molar-refractivity contribution in [2.45, 2.75) is 40.5 Å². The van der Waals surface area contributed by atoms with Gasteiger partial charge in [0.05, 0.1) is 0 Å². The van der Waals surface area contributed by atoms with Gasteiger partial charge in [-0.05, 0) is 24.7 Å². The lowest BCUT2D eigenvalue weighted by Gasteiger charge is -1.95. The summed E-state index contributed by atoms with van der Waals surface area (Å²) < 4.78 is 0. The van der Waals surface area contributed by atoms with Crippen molar-refractivity contribution in [3.05, 3.63) is 0 Å². The molecule has 0 unspecified atom stereocenters. The van der Waals surface area contributed by atoms with E-state index in [1.165, 1.54) is 0 Å². The summed E-state index contributed by atoms with van der Waals surface area (Å²) in [6.45, 7) is 8.68. The predicted octanol–water partition coefficient (Wildman–Crippen LogP) is 3.14. The van der Waals surface area contributed by atoms with Crippen molar-refractivity contribution in [1.82, 2.24) is 0 Å². The minimum atomic E-state index is 0.675. The van der Waals surface area contributed by atoms with E-state index in [0.717, 1.165) is 12.8 Å². The second kappa shape index (κ2) is 7.01. The summed E-state index contributed by atoms with van der Waals surface area (Å²) in [6, 6.07) is 0. The maximum absolute atomic E-state index is 3.93. The summed E-state index contributed by atoms with van der Waals surface area (Å²) in [5, 5.41) is 7.86. The van der Waals surface area contributed by atoms with Gasteiger partial charge in [0, 0.05) is 12.4 Å². The molecule has 0 aromatic carbocycles. The molecule has 0 aliphatic carbocycles. The Morgan fingerprint density at radius 1 is 0.833 bits per heavy atom. The van der Waals surface area contributed by atoms with Crippen LogP contribution in [0, 0.1) is 11.8 Å². The Hall–Kier alpha value is -0.660. The molecule has 0 aromatic heterocycles. The molecule has 0 bridgehead atoms. The number of rotatable bonds is 5. The maximum Gasteiger partial charge on any atom is 0.0272 e. The van der Waals surface area contributed by atoms with Crippen LogP contribution in [0.1, 0.15) is 40.5 Å². The monoisotopic (exact) mass is 168 g/mol. The second-order valence-electron chi connectivity index (χ2n) is 3.86. The van der Waals surface area contributed by atoms with E-state index in [1.54, 1.807) is 0 Å². The van der Waals surface area contributed by atoms with Crippen LogP contribution in [0.25, 0.3) is 0 Å². The molecule has 2 nitrogen and oxygen atoms in total. The third-order valence-corrected chi connectivity index (χ3v) is 1.38. The minimum absolute atomic E-state index is 0.675. The molecule has 0 aliphatic heterocycles. The van der Waals surface area contributed by atoms with Gasteiger partial charge in [0.1, 0.15) is 0 Å². The third kappa shape index (κ3) is 9.34. The Morgan fingerprint density at radius 2 is 1.17 bits per heavy atom. The van der Waals surface area contributed by atoms with E-state index < -0.39 is 0 Å². The average molecular weight is 168 g/mol. The predicted molar refractivity (Wildman–Crippen MR) is 55.9 cm³/mol. The van der Waals surface area contributed by atoms with Gasteiger partial charge in [-0.2, -0.15) is 10.2 Å². The van der Waals surface area contributed by atoms with Crippen molar-refractivity contribution in [2.24, 2.45) is 22.0 Å². The van der Waals surface area contributed by atoms with Crippen molar-refractivity contribution in [2.75, 3.05) is 0 Å². The van der Waals surface area contributed by atoms with E-state index >= 15 is 0 Å². The van der Waals surface area contributed by atoms with Crippen molar-refractivity contribution in [3.8, 4) is 0 Å². The van der Waals surface area contributed by atoms with Crippen LogP contribution in [0.5, 0.6) is 0 Å². The Bertz CT molecular complexity index is 128. The quantitative estimate of drug-likeness (QED) is 0.445. The Morgan fingerprint density at radius 3 is 1.42 bits per heavy atom. The summed E-state index contributed by atoms with van der Waals surface area (Å²) in [5.41, 5.74) is 0. The van der Waals surface area contributed by atoms with Crippen LogP contribution < -0.4 is 0 Å². The minimum Gasteiger partial charge on any atom is -0.164 e. The van der Waals surface area contributed by atoms with Gasteiger partial charge < -0.3 is 0 Å². The van der Waals surface area contributed by atoms with Crippen LogP contribution in [0.3, 0.4) is 0 Å². The molecule has 0 radical (unpaired) electrons. The van der Waals surface area contributed by atoms with Gasteiger partial charge in [0.15, 0.2) is 0 Å². The van der Waals surface area contributed by atoms with E-state index in [-0.39, 0.29) is 0 Å². The highest BCUT2D eigenvalue weighted by atomic mass is 15.2. The van der Waals surface area contributed by atoms with E-state index in [9.17, 15) is 0 Å². The Labute approximate surface area is 75.8 Å². The normalized spacial score (nSPS) is 12.8. The van der Waals surface area contributed by atoms with Crippen LogP contribution in [-0.4, -0.2) is 12.4 Å². The molecule has 0 rings (SSSR count). The molecule has 0 aliphatic rings. The smallest absolute Gasteiger partial charge is 0.0272 e. The first-order chi connectivity index (χ1) is 5.63. The van der Waals surface area contributed by atoms with Gasteiger partial charge in [0.2, 0.25) is 0 Å². The van der Waals surface area contributed by atoms with Gasteiger partial charge in [-0.25, -0.2) is 0 Å². The van der Waals surface area contributed by atoms with E-state index in [0.29, 0.717) is 11.8 Å². The molecule has 0 saturated carbocycles. The van der Waals surface area contributed by atoms with E-state index in [4.69, 9.17) is 0 Å². The lowest BCUT2D eigenvalue weighted by molar-refractivity contribution is 0.686. The summed E-state index contributed by atoms with van der Waals surface area (Å²) in [7, 11) is 0. The molecular weight excluding hydrogens is 148 g/mol. The zero-order chi connectivity index (χ0) is 9.40. The SMILES string of the molecule is CC(C)C/C=N/N=C/CC(C)C. The molecule has 0 aromatic rings. The standard InChI is InChI=1S/C10H20N2/c1-9(2)5-7-11-12-8-6-10(3)4/h7-10H,5-6H2,1-4H3/b11-7+,12-8+. The molecular formula is C10H20N2. The van der Waals surface area contributed by atoms with Crippen LogP contribution in [-0.2, 0) is 0 Å². The summed E-state index contributed by atoms with van der Waals surface area (Å²) in [5.74, 6) is 1.35. The second-order valence-corrected chi connectivity index (χ2v) is 3.86. The van der Waals surface area contributed by atoms with Crippen LogP contribution in [0.2, 0.25) is 0 Å². The van der Waals surface area contributed by atoms with Gasteiger partial charge in [0.25, 0.3) is 0 Å². The number of hydrogen-bond donors (Lipinski definition) is 0. The van der Waals surface area contributed by atoms with E-state index in [2.05, 4.69) is 37.9 Å². The van der Waals surface area contributed by atoms with Crippen molar-refractivity contribution in [3.63, 3.8) is 0 Å². The first-order valence-corrected chi connectivity index (χ1v) is 4.66. The van der Waals surface area contributed by atoms with Crippen molar-refractivity contribution in [1.29, 1.82) is 0 Å². The number of hydrogen-bond acceptors (Lipinski definition) is 2. The average Bonchev–Trinajstić information content (AvgIpc) is 1.95.